The number of hydrogen-bond acceptors (Lipinski definition) is 4. The van der Waals surface area contributed by atoms with Gasteiger partial charge in [-0.3, -0.25) is 9.59 Å². The van der Waals surface area contributed by atoms with Crippen molar-refractivity contribution in [1.82, 2.24) is 10.6 Å². The third kappa shape index (κ3) is 4.99. The van der Waals surface area contributed by atoms with Gasteiger partial charge in [-0.05, 0) is 61.9 Å². The molecule has 26 heavy (non-hydrogen) atoms. The third-order valence-corrected chi connectivity index (χ3v) is 4.05. The minimum atomic E-state index is -0.246. The van der Waals surface area contributed by atoms with Gasteiger partial charge in [0.25, 0.3) is 11.8 Å². The monoisotopic (exact) mass is 355 g/mol. The van der Waals surface area contributed by atoms with Crippen molar-refractivity contribution in [1.29, 1.82) is 0 Å². The number of rotatable bonds is 6. The Kier molecular flexibility index (Phi) is 6.22. The molecule has 2 aromatic carbocycles. The number of anilines is 1. The van der Waals surface area contributed by atoms with Crippen LogP contribution in [0.25, 0.3) is 0 Å². The second kappa shape index (κ2) is 8.38. The summed E-state index contributed by atoms with van der Waals surface area (Å²) in [5.41, 5.74) is 2.70. The average Bonchev–Trinajstić information content (AvgIpc) is 2.62. The highest BCUT2D eigenvalue weighted by Crippen LogP contribution is 2.16. The minimum absolute atomic E-state index is 0.155. The molecule has 1 atom stereocenters. The average molecular weight is 355 g/mol. The molecule has 0 fully saturated rings. The number of aromatic hydroxyl groups is 1. The van der Waals surface area contributed by atoms with E-state index in [0.29, 0.717) is 23.2 Å². The third-order valence-electron chi connectivity index (χ3n) is 4.05. The molecule has 0 unspecified atom stereocenters. The molecule has 6 nitrogen and oxygen atoms in total. The molecule has 0 aliphatic heterocycles. The van der Waals surface area contributed by atoms with Crippen molar-refractivity contribution in [3.05, 3.63) is 59.2 Å². The van der Waals surface area contributed by atoms with E-state index in [1.165, 1.54) is 6.07 Å². The van der Waals surface area contributed by atoms with Gasteiger partial charge in [-0.15, -0.1) is 0 Å². The van der Waals surface area contributed by atoms with Crippen molar-refractivity contribution in [2.45, 2.75) is 19.9 Å². The Hall–Kier alpha value is -3.02. The molecule has 0 saturated carbocycles. The van der Waals surface area contributed by atoms with Crippen LogP contribution in [0.15, 0.2) is 42.5 Å². The molecule has 0 saturated heterocycles. The molecular weight excluding hydrogens is 330 g/mol. The summed E-state index contributed by atoms with van der Waals surface area (Å²) in [6.45, 7) is 3.87. The molecule has 0 aliphatic carbocycles. The zero-order valence-electron chi connectivity index (χ0n) is 15.5. The van der Waals surface area contributed by atoms with Crippen molar-refractivity contribution in [2.75, 3.05) is 25.5 Å². The lowest BCUT2D eigenvalue weighted by molar-refractivity contribution is 0.0912. The topological polar surface area (TPSA) is 81.7 Å². The van der Waals surface area contributed by atoms with Crippen LogP contribution in [0.3, 0.4) is 0 Å². The fraction of sp³-hybridized carbons (Fsp3) is 0.300. The SMILES string of the molecule is Cc1cc(C(=O)NC[C@H](C)NC(=O)c2ccc(N(C)C)cc2)ccc1O. The van der Waals surface area contributed by atoms with E-state index < -0.39 is 0 Å². The predicted octanol–water partition coefficient (Wildman–Crippen LogP) is 2.31. The lowest BCUT2D eigenvalue weighted by Gasteiger charge is -2.16. The highest BCUT2D eigenvalue weighted by atomic mass is 16.3. The smallest absolute Gasteiger partial charge is 0.251 e. The molecule has 6 heteroatoms. The van der Waals surface area contributed by atoms with Gasteiger partial charge < -0.3 is 20.6 Å². The molecular formula is C20H25N3O3. The second-order valence-electron chi connectivity index (χ2n) is 6.53. The number of carbonyl (C=O) groups excluding carboxylic acids is 2. The van der Waals surface area contributed by atoms with Crippen LogP contribution < -0.4 is 15.5 Å². The summed E-state index contributed by atoms with van der Waals surface area (Å²) < 4.78 is 0. The Morgan fingerprint density at radius 1 is 1.04 bits per heavy atom. The van der Waals surface area contributed by atoms with Crippen molar-refractivity contribution in [2.24, 2.45) is 0 Å². The molecule has 0 heterocycles. The summed E-state index contributed by atoms with van der Waals surface area (Å²) in [7, 11) is 3.88. The van der Waals surface area contributed by atoms with Crippen molar-refractivity contribution in [3.63, 3.8) is 0 Å². The fourth-order valence-corrected chi connectivity index (χ4v) is 2.41. The van der Waals surface area contributed by atoms with E-state index in [4.69, 9.17) is 0 Å². The van der Waals surface area contributed by atoms with Crippen LogP contribution in [0.5, 0.6) is 5.75 Å². The van der Waals surface area contributed by atoms with Crippen LogP contribution in [-0.2, 0) is 0 Å². The fourth-order valence-electron chi connectivity index (χ4n) is 2.41. The predicted molar refractivity (Wildman–Crippen MR) is 103 cm³/mol. The van der Waals surface area contributed by atoms with Crippen molar-refractivity contribution in [3.8, 4) is 5.75 Å². The molecule has 0 radical (unpaired) electrons. The van der Waals surface area contributed by atoms with Gasteiger partial charge in [-0.25, -0.2) is 0 Å². The quantitative estimate of drug-likeness (QED) is 0.743. The van der Waals surface area contributed by atoms with Gasteiger partial charge >= 0.3 is 0 Å². The van der Waals surface area contributed by atoms with Crippen LogP contribution in [0.4, 0.5) is 5.69 Å². The first-order valence-electron chi connectivity index (χ1n) is 8.44. The van der Waals surface area contributed by atoms with E-state index in [9.17, 15) is 14.7 Å². The lowest BCUT2D eigenvalue weighted by atomic mass is 10.1. The number of phenols is 1. The Bertz CT molecular complexity index is 785. The summed E-state index contributed by atoms with van der Waals surface area (Å²) >= 11 is 0. The lowest BCUT2D eigenvalue weighted by Crippen LogP contribution is -2.41. The first-order valence-corrected chi connectivity index (χ1v) is 8.44. The van der Waals surface area contributed by atoms with Gasteiger partial charge in [0.05, 0.1) is 0 Å². The minimum Gasteiger partial charge on any atom is -0.508 e. The molecule has 2 rings (SSSR count). The Labute approximate surface area is 153 Å². The van der Waals surface area contributed by atoms with Gasteiger partial charge in [0.15, 0.2) is 0 Å². The molecule has 0 spiro atoms. The van der Waals surface area contributed by atoms with Gasteiger partial charge in [0, 0.05) is 43.5 Å². The normalized spacial score (nSPS) is 11.5. The van der Waals surface area contributed by atoms with E-state index in [1.807, 2.05) is 38.1 Å². The summed E-state index contributed by atoms with van der Waals surface area (Å²) in [6.07, 6.45) is 0. The summed E-state index contributed by atoms with van der Waals surface area (Å²) in [4.78, 5) is 26.4. The van der Waals surface area contributed by atoms with Gasteiger partial charge in [0.2, 0.25) is 0 Å². The van der Waals surface area contributed by atoms with Crippen LogP contribution >= 0.6 is 0 Å². The van der Waals surface area contributed by atoms with E-state index >= 15 is 0 Å². The Morgan fingerprint density at radius 2 is 1.65 bits per heavy atom. The molecule has 3 N–H and O–H groups in total. The molecule has 0 aliphatic rings. The number of hydrogen-bond donors (Lipinski definition) is 3. The van der Waals surface area contributed by atoms with E-state index in [1.54, 1.807) is 31.2 Å². The summed E-state index contributed by atoms with van der Waals surface area (Å²) in [5.74, 6) is -0.274. The van der Waals surface area contributed by atoms with E-state index in [2.05, 4.69) is 10.6 Å². The second-order valence-corrected chi connectivity index (χ2v) is 6.53. The number of aryl methyl sites for hydroxylation is 1. The van der Waals surface area contributed by atoms with Crippen molar-refractivity contribution >= 4 is 17.5 Å². The van der Waals surface area contributed by atoms with Crippen LogP contribution in [-0.4, -0.2) is 43.6 Å². The summed E-state index contributed by atoms with van der Waals surface area (Å²) in [6, 6.07) is 11.8. The van der Waals surface area contributed by atoms with Gasteiger partial charge in [-0.1, -0.05) is 0 Å². The number of benzene rings is 2. The summed E-state index contributed by atoms with van der Waals surface area (Å²) in [5, 5.41) is 15.2. The molecule has 0 bridgehead atoms. The standard InChI is InChI=1S/C20H25N3O3/c1-13-11-16(7-10-18(13)24)19(25)21-12-14(2)22-20(26)15-5-8-17(9-6-15)23(3)4/h5-11,14,24H,12H2,1-4H3,(H,21,25)(H,22,26)/t14-/m0/s1. The highest BCUT2D eigenvalue weighted by molar-refractivity contribution is 5.95. The largest absolute Gasteiger partial charge is 0.508 e. The van der Waals surface area contributed by atoms with Gasteiger partial charge in [0.1, 0.15) is 5.75 Å². The number of nitrogens with one attached hydrogen (secondary N) is 2. The Morgan fingerprint density at radius 3 is 2.23 bits per heavy atom. The van der Waals surface area contributed by atoms with E-state index in [-0.39, 0.29) is 23.6 Å². The first kappa shape index (κ1) is 19.3. The van der Waals surface area contributed by atoms with Crippen LogP contribution in [0, 0.1) is 6.92 Å². The van der Waals surface area contributed by atoms with Crippen LogP contribution in [0.1, 0.15) is 33.2 Å². The maximum atomic E-state index is 12.3. The number of amides is 2. The maximum Gasteiger partial charge on any atom is 0.251 e. The number of nitrogens with zero attached hydrogens (tertiary/aromatic N) is 1. The zero-order chi connectivity index (χ0) is 19.3. The molecule has 2 amide bonds. The Balaban J connectivity index is 1.87. The number of carbonyl (C=O) groups is 2. The van der Waals surface area contributed by atoms with E-state index in [0.717, 1.165) is 5.69 Å². The van der Waals surface area contributed by atoms with Gasteiger partial charge in [-0.2, -0.15) is 0 Å². The maximum absolute atomic E-state index is 12.3. The zero-order valence-corrected chi connectivity index (χ0v) is 15.5. The first-order chi connectivity index (χ1) is 12.3. The highest BCUT2D eigenvalue weighted by Gasteiger charge is 2.12. The molecule has 0 aromatic heterocycles. The number of phenolic OH excluding ortho intramolecular Hbond substituents is 1. The molecule has 138 valence electrons. The molecule has 2 aromatic rings. The van der Waals surface area contributed by atoms with Crippen molar-refractivity contribution < 1.29 is 14.7 Å². The van der Waals surface area contributed by atoms with Crippen LogP contribution in [0.2, 0.25) is 0 Å².